The van der Waals surface area contributed by atoms with Gasteiger partial charge < -0.3 is 18.6 Å². The van der Waals surface area contributed by atoms with Gasteiger partial charge in [0, 0.05) is 35.5 Å². The van der Waals surface area contributed by atoms with E-state index >= 15 is 0 Å². The monoisotopic (exact) mass is 493 g/mol. The number of ether oxygens (including phenoxy) is 2. The van der Waals surface area contributed by atoms with E-state index in [9.17, 15) is 13.0 Å². The Morgan fingerprint density at radius 1 is 0.970 bits per heavy atom. The predicted molar refractivity (Wildman–Crippen MR) is 121 cm³/mol. The first kappa shape index (κ1) is 22.9. The maximum atomic E-state index is 13.1. The van der Waals surface area contributed by atoms with Crippen LogP contribution in [0.25, 0.3) is 21.8 Å². The molecule has 0 radical (unpaired) electrons. The predicted octanol–water partition coefficient (Wildman–Crippen LogP) is 3.02. The molecule has 2 aromatic heterocycles. The molecule has 174 valence electrons. The normalized spacial score (nSPS) is 12.2. The molecule has 0 unspecified atom stereocenters. The minimum Gasteiger partial charge on any atom is -0.481 e. The molecular formula is C20H20N3O8PS. The fourth-order valence-electron chi connectivity index (χ4n) is 3.51. The molecule has 0 aliphatic rings. The van der Waals surface area contributed by atoms with E-state index in [1.165, 1.54) is 50.6 Å². The highest BCUT2D eigenvalue weighted by Gasteiger charge is 2.21. The Bertz CT molecular complexity index is 1530. The van der Waals surface area contributed by atoms with Crippen molar-refractivity contribution < 1.29 is 36.8 Å². The minimum atomic E-state index is -4.71. The van der Waals surface area contributed by atoms with Crippen LogP contribution in [0.1, 0.15) is 0 Å². The third-order valence-electron chi connectivity index (χ3n) is 4.97. The average molecular weight is 493 g/mol. The molecule has 33 heavy (non-hydrogen) atoms. The van der Waals surface area contributed by atoms with Crippen LogP contribution in [0.15, 0.2) is 53.4 Å². The van der Waals surface area contributed by atoms with E-state index < -0.39 is 17.8 Å². The molecule has 0 bridgehead atoms. The zero-order valence-corrected chi connectivity index (χ0v) is 19.4. The van der Waals surface area contributed by atoms with Crippen molar-refractivity contribution in [3.8, 4) is 17.5 Å². The molecule has 2 heterocycles. The molecule has 4 aromatic rings. The summed E-state index contributed by atoms with van der Waals surface area (Å²) in [6, 6.07) is 12.1. The Kier molecular flexibility index (Phi) is 5.71. The lowest BCUT2D eigenvalue weighted by molar-refractivity contribution is 0.283. The number of fused-ring (bicyclic) bond motifs is 3. The number of nitrogens with zero attached hydrogens (tertiary/aromatic N) is 2. The van der Waals surface area contributed by atoms with Gasteiger partial charge in [-0.3, -0.25) is 14.5 Å². The third-order valence-corrected chi connectivity index (χ3v) is 6.78. The number of sulfonamides is 1. The Morgan fingerprint density at radius 2 is 1.73 bits per heavy atom. The van der Waals surface area contributed by atoms with Crippen LogP contribution in [0.2, 0.25) is 0 Å². The van der Waals surface area contributed by atoms with Gasteiger partial charge in [-0.25, -0.2) is 13.0 Å². The Balaban J connectivity index is 1.77. The summed E-state index contributed by atoms with van der Waals surface area (Å²) in [5, 5.41) is 1.32. The summed E-state index contributed by atoms with van der Waals surface area (Å²) in [7, 11) is -4.15. The number of pyridine rings is 1. The Labute approximate surface area is 188 Å². The number of aromatic nitrogens is 2. The molecule has 2 aromatic carbocycles. The highest BCUT2D eigenvalue weighted by molar-refractivity contribution is 7.92. The molecule has 0 aliphatic heterocycles. The van der Waals surface area contributed by atoms with Gasteiger partial charge in [0.15, 0.2) is 0 Å². The van der Waals surface area contributed by atoms with Gasteiger partial charge in [-0.15, -0.1) is 0 Å². The van der Waals surface area contributed by atoms with Gasteiger partial charge in [0.05, 0.1) is 24.6 Å². The summed E-state index contributed by atoms with van der Waals surface area (Å²) in [6.07, 6.45) is 0. The van der Waals surface area contributed by atoms with Gasteiger partial charge in [-0.1, -0.05) is 0 Å². The minimum absolute atomic E-state index is 0.00430. The lowest BCUT2D eigenvalue weighted by Crippen LogP contribution is -2.14. The second-order valence-electron chi connectivity index (χ2n) is 7.01. The highest BCUT2D eigenvalue weighted by atomic mass is 32.2. The Morgan fingerprint density at radius 3 is 2.39 bits per heavy atom. The lowest BCUT2D eigenvalue weighted by atomic mass is 10.1. The van der Waals surface area contributed by atoms with E-state index in [4.69, 9.17) is 19.3 Å². The molecule has 0 saturated carbocycles. The fourth-order valence-corrected chi connectivity index (χ4v) is 4.98. The van der Waals surface area contributed by atoms with Crippen LogP contribution in [0.3, 0.4) is 0 Å². The quantitative estimate of drug-likeness (QED) is 0.330. The molecule has 3 N–H and O–H groups in total. The number of hydrogen-bond donors (Lipinski definition) is 3. The number of anilines is 1. The summed E-state index contributed by atoms with van der Waals surface area (Å²) in [4.78, 5) is 22.2. The maximum Gasteiger partial charge on any atom is 0.524 e. The van der Waals surface area contributed by atoms with Crippen LogP contribution in [0.4, 0.5) is 5.69 Å². The van der Waals surface area contributed by atoms with Crippen molar-refractivity contribution >= 4 is 45.3 Å². The number of rotatable bonds is 7. The van der Waals surface area contributed by atoms with Crippen molar-refractivity contribution in [2.45, 2.75) is 4.90 Å². The average Bonchev–Trinajstić information content (AvgIpc) is 3.04. The van der Waals surface area contributed by atoms with Crippen molar-refractivity contribution in [2.24, 2.45) is 7.05 Å². The van der Waals surface area contributed by atoms with Crippen LogP contribution in [0, 0.1) is 0 Å². The smallest absolute Gasteiger partial charge is 0.481 e. The van der Waals surface area contributed by atoms with E-state index in [-0.39, 0.29) is 28.1 Å². The van der Waals surface area contributed by atoms with Crippen molar-refractivity contribution in [3.05, 3.63) is 48.5 Å². The number of aryl methyl sites for hydroxylation is 1. The van der Waals surface area contributed by atoms with Gasteiger partial charge in [0.1, 0.15) is 11.4 Å². The summed E-state index contributed by atoms with van der Waals surface area (Å²) < 4.78 is 56.4. The highest BCUT2D eigenvalue weighted by Crippen LogP contribution is 2.40. The van der Waals surface area contributed by atoms with Crippen molar-refractivity contribution in [2.75, 3.05) is 18.9 Å². The zero-order chi connectivity index (χ0) is 24.0. The molecule has 4 rings (SSSR count). The SMILES string of the molecule is COc1ccc(NS(=O)(=O)c2ccc3c(c2)c2ccc(OP(=O)(O)O)cc2n3C)c(OC)n1. The number of nitrogens with one attached hydrogen (secondary N) is 1. The first-order chi connectivity index (χ1) is 15.5. The fraction of sp³-hybridized carbons (Fsp3) is 0.150. The van der Waals surface area contributed by atoms with E-state index in [1.54, 1.807) is 23.7 Å². The van der Waals surface area contributed by atoms with Crippen molar-refractivity contribution in [3.63, 3.8) is 0 Å². The van der Waals surface area contributed by atoms with E-state index in [1.807, 2.05) is 0 Å². The maximum absolute atomic E-state index is 13.1. The summed E-state index contributed by atoms with van der Waals surface area (Å²) in [6.45, 7) is 0. The van der Waals surface area contributed by atoms with Crippen molar-refractivity contribution in [1.82, 2.24) is 9.55 Å². The lowest BCUT2D eigenvalue weighted by Gasteiger charge is -2.12. The van der Waals surface area contributed by atoms with Gasteiger partial charge in [-0.2, -0.15) is 4.98 Å². The molecule has 0 spiro atoms. The summed E-state index contributed by atoms with van der Waals surface area (Å²) >= 11 is 0. The molecule has 0 aliphatic carbocycles. The molecular weight excluding hydrogens is 473 g/mol. The van der Waals surface area contributed by atoms with Gasteiger partial charge in [-0.05, 0) is 36.4 Å². The van der Waals surface area contributed by atoms with Gasteiger partial charge >= 0.3 is 7.82 Å². The first-order valence-corrected chi connectivity index (χ1v) is 12.4. The standard InChI is InChI=1S/C20H20N3O8PS/c1-23-17-8-5-13(33(27,28)22-16-7-9-19(29-2)21-20(16)30-3)11-15(17)14-6-4-12(10-18(14)23)31-32(24,25)26/h4-11,22H,1-3H3,(H2,24,25,26). The summed E-state index contributed by atoms with van der Waals surface area (Å²) in [5.41, 5.74) is 1.48. The first-order valence-electron chi connectivity index (χ1n) is 9.41. The molecule has 13 heteroatoms. The van der Waals surface area contributed by atoms with Gasteiger partial charge in [0.2, 0.25) is 11.8 Å². The van der Waals surface area contributed by atoms with E-state index in [2.05, 4.69) is 14.2 Å². The van der Waals surface area contributed by atoms with Crippen LogP contribution >= 0.6 is 7.82 Å². The second kappa shape index (κ2) is 8.23. The van der Waals surface area contributed by atoms with Crippen LogP contribution in [0.5, 0.6) is 17.5 Å². The van der Waals surface area contributed by atoms with Crippen LogP contribution < -0.4 is 18.7 Å². The number of benzene rings is 2. The number of phosphoric acid groups is 1. The second-order valence-corrected chi connectivity index (χ2v) is 9.86. The number of methoxy groups -OCH3 is 2. The zero-order valence-electron chi connectivity index (χ0n) is 17.7. The van der Waals surface area contributed by atoms with E-state index in [0.717, 1.165) is 5.52 Å². The Hall–Kier alpha value is -3.31. The number of phosphoric ester groups is 1. The molecule has 0 atom stereocenters. The van der Waals surface area contributed by atoms with Crippen LogP contribution in [-0.2, 0) is 21.6 Å². The topological polar surface area (TPSA) is 149 Å². The van der Waals surface area contributed by atoms with Gasteiger partial charge in [0.25, 0.3) is 10.0 Å². The molecule has 0 amide bonds. The third kappa shape index (κ3) is 4.46. The van der Waals surface area contributed by atoms with Crippen LogP contribution in [-0.4, -0.2) is 42.0 Å². The molecule has 0 saturated heterocycles. The summed E-state index contributed by atoms with van der Waals surface area (Å²) in [5.74, 6) is 0.325. The molecule has 11 nitrogen and oxygen atoms in total. The largest absolute Gasteiger partial charge is 0.524 e. The number of hydrogen-bond acceptors (Lipinski definition) is 7. The van der Waals surface area contributed by atoms with Crippen molar-refractivity contribution in [1.29, 1.82) is 0 Å². The molecule has 0 fully saturated rings. The van der Waals surface area contributed by atoms with E-state index in [0.29, 0.717) is 16.3 Å².